The van der Waals surface area contributed by atoms with Gasteiger partial charge in [0, 0.05) is 0 Å². The molecule has 0 fully saturated rings. The van der Waals surface area contributed by atoms with Gasteiger partial charge in [0.25, 0.3) is 0 Å². The molecule has 0 amide bonds. The zero-order valence-corrected chi connectivity index (χ0v) is 10.1. The Morgan fingerprint density at radius 3 is 2.38 bits per heavy atom. The van der Waals surface area contributed by atoms with Crippen LogP contribution in [-0.2, 0) is 11.2 Å². The monoisotopic (exact) mass is 244 g/mol. The molecule has 0 radical (unpaired) electrons. The minimum atomic E-state index is -0.911. The Labute approximate surface area is 98.7 Å². The van der Waals surface area contributed by atoms with Crippen molar-refractivity contribution in [2.24, 2.45) is 0 Å². The number of ether oxygens (including phenoxy) is 2. The van der Waals surface area contributed by atoms with Crippen LogP contribution in [0.25, 0.3) is 0 Å². The third-order valence-corrected chi connectivity index (χ3v) is 2.58. The van der Waals surface area contributed by atoms with Crippen LogP contribution in [0.4, 0.5) is 0 Å². The van der Waals surface area contributed by atoms with E-state index < -0.39 is 5.97 Å². The average Bonchev–Trinajstić information content (AvgIpc) is 2.21. The highest BCUT2D eigenvalue weighted by Crippen LogP contribution is 2.39. The summed E-state index contributed by atoms with van der Waals surface area (Å²) in [6.07, 6.45) is -0.0914. The topological polar surface area (TPSA) is 55.8 Å². The van der Waals surface area contributed by atoms with E-state index in [4.69, 9.17) is 26.2 Å². The van der Waals surface area contributed by atoms with Crippen molar-refractivity contribution in [2.45, 2.75) is 13.3 Å². The van der Waals surface area contributed by atoms with Crippen LogP contribution < -0.4 is 9.47 Å². The van der Waals surface area contributed by atoms with Gasteiger partial charge < -0.3 is 14.6 Å². The number of carboxylic acid groups (broad SMARTS) is 1. The summed E-state index contributed by atoms with van der Waals surface area (Å²) in [6.45, 7) is 1.77. The maximum Gasteiger partial charge on any atom is 0.307 e. The van der Waals surface area contributed by atoms with Crippen molar-refractivity contribution in [1.82, 2.24) is 0 Å². The van der Waals surface area contributed by atoms with E-state index in [-0.39, 0.29) is 6.42 Å². The minimum Gasteiger partial charge on any atom is -0.493 e. The second-order valence-electron chi connectivity index (χ2n) is 3.28. The van der Waals surface area contributed by atoms with E-state index in [1.165, 1.54) is 14.2 Å². The second-order valence-corrected chi connectivity index (χ2v) is 3.69. The van der Waals surface area contributed by atoms with Crippen LogP contribution >= 0.6 is 11.6 Å². The molecule has 1 aromatic carbocycles. The molecule has 16 heavy (non-hydrogen) atoms. The molecule has 88 valence electrons. The summed E-state index contributed by atoms with van der Waals surface area (Å²) < 4.78 is 10.3. The fourth-order valence-electron chi connectivity index (χ4n) is 1.53. The standard InChI is InChI=1S/C11H13ClO4/c1-6-7(5-9(13)14)4-8(12)11(16-3)10(6)15-2/h4H,5H2,1-3H3,(H,13,14). The van der Waals surface area contributed by atoms with Crippen LogP contribution in [0, 0.1) is 6.92 Å². The van der Waals surface area contributed by atoms with Crippen molar-refractivity contribution in [3.05, 3.63) is 22.2 Å². The molecule has 1 aromatic rings. The lowest BCUT2D eigenvalue weighted by atomic mass is 10.0. The molecule has 0 bridgehead atoms. The lowest BCUT2D eigenvalue weighted by molar-refractivity contribution is -0.136. The van der Waals surface area contributed by atoms with E-state index in [1.807, 2.05) is 0 Å². The minimum absolute atomic E-state index is 0.0914. The summed E-state index contributed by atoms with van der Waals surface area (Å²) >= 11 is 5.97. The van der Waals surface area contributed by atoms with Crippen molar-refractivity contribution in [1.29, 1.82) is 0 Å². The predicted octanol–water partition coefficient (Wildman–Crippen LogP) is 2.29. The van der Waals surface area contributed by atoms with E-state index >= 15 is 0 Å². The first-order valence-electron chi connectivity index (χ1n) is 4.63. The van der Waals surface area contributed by atoms with Gasteiger partial charge in [-0.2, -0.15) is 0 Å². The third kappa shape index (κ3) is 2.39. The van der Waals surface area contributed by atoms with Gasteiger partial charge in [-0.05, 0) is 24.1 Å². The maximum absolute atomic E-state index is 10.7. The molecule has 0 saturated heterocycles. The van der Waals surface area contributed by atoms with E-state index in [1.54, 1.807) is 13.0 Å². The molecule has 4 nitrogen and oxygen atoms in total. The number of hydrogen-bond acceptors (Lipinski definition) is 3. The number of carbonyl (C=O) groups is 1. The maximum atomic E-state index is 10.7. The summed E-state index contributed by atoms with van der Waals surface area (Å²) in [4.78, 5) is 10.7. The molecule has 0 aliphatic heterocycles. The number of benzene rings is 1. The van der Waals surface area contributed by atoms with E-state index in [0.717, 1.165) is 5.56 Å². The van der Waals surface area contributed by atoms with E-state index in [9.17, 15) is 4.79 Å². The SMILES string of the molecule is COc1c(Cl)cc(CC(=O)O)c(C)c1OC. The van der Waals surface area contributed by atoms with Gasteiger partial charge >= 0.3 is 5.97 Å². The Kier molecular flexibility index (Phi) is 4.01. The molecule has 5 heteroatoms. The highest BCUT2D eigenvalue weighted by Gasteiger charge is 2.17. The molecule has 0 saturated carbocycles. The van der Waals surface area contributed by atoms with Gasteiger partial charge in [0.05, 0.1) is 25.7 Å². The van der Waals surface area contributed by atoms with Crippen molar-refractivity contribution in [2.75, 3.05) is 14.2 Å². The Balaban J connectivity index is 3.33. The number of carboxylic acids is 1. The van der Waals surface area contributed by atoms with Gasteiger partial charge in [0.1, 0.15) is 0 Å². The quantitative estimate of drug-likeness (QED) is 0.883. The summed E-state index contributed by atoms with van der Waals surface area (Å²) in [5.74, 6) is -0.00607. The normalized spacial score (nSPS) is 10.0. The smallest absolute Gasteiger partial charge is 0.307 e. The zero-order valence-electron chi connectivity index (χ0n) is 9.33. The molecule has 0 atom stereocenters. The molecule has 0 aliphatic carbocycles. The molecule has 0 unspecified atom stereocenters. The van der Waals surface area contributed by atoms with Crippen molar-refractivity contribution >= 4 is 17.6 Å². The number of methoxy groups -OCH3 is 2. The van der Waals surface area contributed by atoms with Crippen LogP contribution in [0.1, 0.15) is 11.1 Å². The highest BCUT2D eigenvalue weighted by molar-refractivity contribution is 6.32. The number of aliphatic carboxylic acids is 1. The molecule has 0 spiro atoms. The molecule has 0 aromatic heterocycles. The number of hydrogen-bond donors (Lipinski definition) is 1. The van der Waals surface area contributed by atoms with Gasteiger partial charge in [-0.25, -0.2) is 0 Å². The van der Waals surface area contributed by atoms with Gasteiger partial charge in [-0.3, -0.25) is 4.79 Å². The van der Waals surface area contributed by atoms with Crippen LogP contribution in [0.5, 0.6) is 11.5 Å². The fourth-order valence-corrected chi connectivity index (χ4v) is 1.83. The molecule has 0 aliphatic rings. The first-order valence-corrected chi connectivity index (χ1v) is 5.00. The Bertz CT molecular complexity index is 415. The second kappa shape index (κ2) is 5.07. The number of rotatable bonds is 4. The summed E-state index contributed by atoms with van der Waals surface area (Å²) in [5, 5.41) is 9.11. The predicted molar refractivity (Wildman–Crippen MR) is 60.6 cm³/mol. The fraction of sp³-hybridized carbons (Fsp3) is 0.364. The molecular formula is C11H13ClO4. The van der Waals surface area contributed by atoms with Crippen molar-refractivity contribution in [3.63, 3.8) is 0 Å². The first kappa shape index (κ1) is 12.6. The summed E-state index contributed by atoms with van der Waals surface area (Å²) in [5.41, 5.74) is 1.35. The zero-order chi connectivity index (χ0) is 12.3. The summed E-state index contributed by atoms with van der Waals surface area (Å²) in [7, 11) is 2.98. The van der Waals surface area contributed by atoms with Crippen molar-refractivity contribution in [3.8, 4) is 11.5 Å². The van der Waals surface area contributed by atoms with Crippen LogP contribution in [0.2, 0.25) is 5.02 Å². The lowest BCUT2D eigenvalue weighted by Gasteiger charge is -2.15. The molecule has 0 heterocycles. The highest BCUT2D eigenvalue weighted by atomic mass is 35.5. The first-order chi connectivity index (χ1) is 7.51. The van der Waals surface area contributed by atoms with Crippen LogP contribution in [0.15, 0.2) is 6.07 Å². The molecular weight excluding hydrogens is 232 g/mol. The van der Waals surface area contributed by atoms with Gasteiger partial charge in [0.2, 0.25) is 0 Å². The molecule has 1 N–H and O–H groups in total. The van der Waals surface area contributed by atoms with E-state index in [0.29, 0.717) is 22.1 Å². The largest absolute Gasteiger partial charge is 0.493 e. The van der Waals surface area contributed by atoms with Crippen LogP contribution in [0.3, 0.4) is 0 Å². The van der Waals surface area contributed by atoms with Gasteiger partial charge in [-0.15, -0.1) is 0 Å². The third-order valence-electron chi connectivity index (χ3n) is 2.30. The Hall–Kier alpha value is -1.42. The number of halogens is 1. The average molecular weight is 245 g/mol. The molecule has 1 rings (SSSR count). The van der Waals surface area contributed by atoms with Crippen LogP contribution in [-0.4, -0.2) is 25.3 Å². The Morgan fingerprint density at radius 1 is 1.38 bits per heavy atom. The van der Waals surface area contributed by atoms with E-state index in [2.05, 4.69) is 0 Å². The lowest BCUT2D eigenvalue weighted by Crippen LogP contribution is -2.04. The van der Waals surface area contributed by atoms with Gasteiger partial charge in [0.15, 0.2) is 11.5 Å². The summed E-state index contributed by atoms with van der Waals surface area (Å²) in [6, 6.07) is 1.59. The Morgan fingerprint density at radius 2 is 1.94 bits per heavy atom. The van der Waals surface area contributed by atoms with Crippen molar-refractivity contribution < 1.29 is 19.4 Å². The van der Waals surface area contributed by atoms with Gasteiger partial charge in [-0.1, -0.05) is 11.6 Å².